The van der Waals surface area contributed by atoms with Crippen LogP contribution in [0.4, 0.5) is 5.69 Å². The van der Waals surface area contributed by atoms with E-state index in [1.54, 1.807) is 0 Å². The van der Waals surface area contributed by atoms with Crippen molar-refractivity contribution in [2.75, 3.05) is 45.2 Å². The molecule has 0 saturated carbocycles. The van der Waals surface area contributed by atoms with E-state index in [4.69, 9.17) is 0 Å². The Kier molecular flexibility index (Phi) is 8.36. The fourth-order valence-electron chi connectivity index (χ4n) is 2.14. The first kappa shape index (κ1) is 17.5. The van der Waals surface area contributed by atoms with Gasteiger partial charge in [0.25, 0.3) is 0 Å². The summed E-state index contributed by atoms with van der Waals surface area (Å²) in [5.74, 6) is 0. The summed E-state index contributed by atoms with van der Waals surface area (Å²) < 4.78 is 0. The van der Waals surface area contributed by atoms with E-state index < -0.39 is 0 Å². The highest BCUT2D eigenvalue weighted by Gasteiger charge is 2.10. The van der Waals surface area contributed by atoms with Crippen molar-refractivity contribution in [2.45, 2.75) is 6.54 Å². The molecule has 0 spiro atoms. The first-order valence-corrected chi connectivity index (χ1v) is 5.95. The average molecular weight is 292 g/mol. The van der Waals surface area contributed by atoms with Gasteiger partial charge in [-0.2, -0.15) is 0 Å². The molecule has 1 aliphatic rings. The van der Waals surface area contributed by atoms with Crippen molar-refractivity contribution in [3.8, 4) is 0 Å². The van der Waals surface area contributed by atoms with Gasteiger partial charge in [-0.1, -0.05) is 12.1 Å². The van der Waals surface area contributed by atoms with Crippen LogP contribution in [0.3, 0.4) is 0 Å². The summed E-state index contributed by atoms with van der Waals surface area (Å²) in [5, 5.41) is 3.38. The molecule has 1 aliphatic heterocycles. The minimum absolute atomic E-state index is 0. The van der Waals surface area contributed by atoms with Crippen LogP contribution in [0.1, 0.15) is 5.56 Å². The van der Waals surface area contributed by atoms with Crippen molar-refractivity contribution in [2.24, 2.45) is 0 Å². The maximum Gasteiger partial charge on any atom is 0.0370 e. The lowest BCUT2D eigenvalue weighted by atomic mass is 10.1. The van der Waals surface area contributed by atoms with Crippen molar-refractivity contribution < 1.29 is 0 Å². The Balaban J connectivity index is 0.00000144. The lowest BCUT2D eigenvalue weighted by molar-refractivity contribution is 0.402. The number of anilines is 1. The number of nitrogens with zero attached hydrogens (tertiary/aromatic N) is 2. The van der Waals surface area contributed by atoms with Crippen LogP contribution in [-0.2, 0) is 6.54 Å². The van der Waals surface area contributed by atoms with Gasteiger partial charge in [-0.05, 0) is 31.8 Å². The third kappa shape index (κ3) is 5.02. The predicted octanol–water partition coefficient (Wildman–Crippen LogP) is 2.00. The molecular formula is C13H23Cl2N3. The number of piperazine rings is 1. The lowest BCUT2D eigenvalue weighted by Crippen LogP contribution is -2.43. The first-order chi connectivity index (χ1) is 7.75. The fraction of sp³-hybridized carbons (Fsp3) is 0.538. The van der Waals surface area contributed by atoms with Gasteiger partial charge in [-0.15, -0.1) is 24.8 Å². The van der Waals surface area contributed by atoms with Crippen LogP contribution in [0.5, 0.6) is 0 Å². The van der Waals surface area contributed by atoms with Gasteiger partial charge in [0.05, 0.1) is 0 Å². The Morgan fingerprint density at radius 2 is 1.83 bits per heavy atom. The molecule has 0 unspecified atom stereocenters. The van der Waals surface area contributed by atoms with Gasteiger partial charge in [-0.25, -0.2) is 0 Å². The summed E-state index contributed by atoms with van der Waals surface area (Å²) in [7, 11) is 4.22. The molecule has 5 heteroatoms. The number of hydrogen-bond donors (Lipinski definition) is 1. The average Bonchev–Trinajstić information content (AvgIpc) is 2.30. The van der Waals surface area contributed by atoms with E-state index in [-0.39, 0.29) is 24.8 Å². The Bertz CT molecular complexity index is 339. The molecule has 0 amide bonds. The van der Waals surface area contributed by atoms with Gasteiger partial charge in [0.2, 0.25) is 0 Å². The number of hydrogen-bond acceptors (Lipinski definition) is 3. The summed E-state index contributed by atoms with van der Waals surface area (Å²) in [6, 6.07) is 8.89. The van der Waals surface area contributed by atoms with E-state index in [1.165, 1.54) is 11.3 Å². The summed E-state index contributed by atoms with van der Waals surface area (Å²) in [6.45, 7) is 5.44. The van der Waals surface area contributed by atoms with Crippen molar-refractivity contribution >= 4 is 30.5 Å². The highest BCUT2D eigenvalue weighted by atomic mass is 35.5. The van der Waals surface area contributed by atoms with Crippen LogP contribution in [0.2, 0.25) is 0 Å². The quantitative estimate of drug-likeness (QED) is 0.919. The summed E-state index contributed by atoms with van der Waals surface area (Å²) in [4.78, 5) is 4.66. The first-order valence-electron chi connectivity index (χ1n) is 5.95. The Morgan fingerprint density at radius 1 is 1.17 bits per heavy atom. The maximum atomic E-state index is 3.38. The number of rotatable bonds is 3. The summed E-state index contributed by atoms with van der Waals surface area (Å²) in [6.07, 6.45) is 0. The van der Waals surface area contributed by atoms with Gasteiger partial charge >= 0.3 is 0 Å². The molecule has 0 radical (unpaired) electrons. The molecule has 3 nitrogen and oxygen atoms in total. The third-order valence-electron chi connectivity index (χ3n) is 2.89. The third-order valence-corrected chi connectivity index (χ3v) is 2.89. The molecule has 1 saturated heterocycles. The van der Waals surface area contributed by atoms with Gasteiger partial charge < -0.3 is 15.1 Å². The van der Waals surface area contributed by atoms with Crippen molar-refractivity contribution in [3.05, 3.63) is 29.8 Å². The SMILES string of the molecule is CN(C)Cc1cccc(N2CCNCC2)c1.Cl.Cl. The van der Waals surface area contributed by atoms with Crippen LogP contribution < -0.4 is 10.2 Å². The van der Waals surface area contributed by atoms with Crippen LogP contribution in [-0.4, -0.2) is 45.2 Å². The Morgan fingerprint density at radius 3 is 2.44 bits per heavy atom. The highest BCUT2D eigenvalue weighted by molar-refractivity contribution is 5.85. The minimum Gasteiger partial charge on any atom is -0.369 e. The smallest absolute Gasteiger partial charge is 0.0370 e. The van der Waals surface area contributed by atoms with Crippen molar-refractivity contribution in [3.63, 3.8) is 0 Å². The van der Waals surface area contributed by atoms with Crippen molar-refractivity contribution in [1.29, 1.82) is 0 Å². The fourth-order valence-corrected chi connectivity index (χ4v) is 2.14. The van der Waals surface area contributed by atoms with E-state index in [2.05, 4.69) is 53.5 Å². The molecule has 104 valence electrons. The molecule has 1 aromatic rings. The zero-order valence-electron chi connectivity index (χ0n) is 11.1. The largest absolute Gasteiger partial charge is 0.369 e. The maximum absolute atomic E-state index is 3.38. The molecule has 1 fully saturated rings. The van der Waals surface area contributed by atoms with Gasteiger partial charge in [0, 0.05) is 38.4 Å². The predicted molar refractivity (Wildman–Crippen MR) is 83.4 cm³/mol. The second-order valence-electron chi connectivity index (χ2n) is 4.64. The molecule has 0 bridgehead atoms. The van der Waals surface area contributed by atoms with Crippen LogP contribution >= 0.6 is 24.8 Å². The molecule has 0 aliphatic carbocycles. The zero-order chi connectivity index (χ0) is 11.4. The zero-order valence-corrected chi connectivity index (χ0v) is 12.7. The molecule has 18 heavy (non-hydrogen) atoms. The Labute approximate surface area is 122 Å². The second-order valence-corrected chi connectivity index (χ2v) is 4.64. The molecule has 1 N–H and O–H groups in total. The molecule has 1 aromatic carbocycles. The summed E-state index contributed by atoms with van der Waals surface area (Å²) in [5.41, 5.74) is 2.75. The van der Waals surface area contributed by atoms with Crippen LogP contribution in [0.25, 0.3) is 0 Å². The van der Waals surface area contributed by atoms with E-state index in [0.717, 1.165) is 32.7 Å². The van der Waals surface area contributed by atoms with Crippen LogP contribution in [0, 0.1) is 0 Å². The van der Waals surface area contributed by atoms with E-state index in [1.807, 2.05) is 0 Å². The number of halogens is 2. The normalized spacial score (nSPS) is 14.9. The van der Waals surface area contributed by atoms with Crippen LogP contribution in [0.15, 0.2) is 24.3 Å². The molecular weight excluding hydrogens is 269 g/mol. The van der Waals surface area contributed by atoms with Crippen molar-refractivity contribution in [1.82, 2.24) is 10.2 Å². The minimum atomic E-state index is 0. The molecule has 0 atom stereocenters. The molecule has 2 rings (SSSR count). The standard InChI is InChI=1S/C13H21N3.2ClH/c1-15(2)11-12-4-3-5-13(10-12)16-8-6-14-7-9-16;;/h3-5,10,14H,6-9,11H2,1-2H3;2*1H. The topological polar surface area (TPSA) is 18.5 Å². The second kappa shape index (κ2) is 8.59. The van der Waals surface area contributed by atoms with Gasteiger partial charge in [0.15, 0.2) is 0 Å². The molecule has 1 heterocycles. The Hall–Kier alpha value is -0.480. The molecule has 0 aromatic heterocycles. The van der Waals surface area contributed by atoms with E-state index >= 15 is 0 Å². The lowest BCUT2D eigenvalue weighted by Gasteiger charge is -2.29. The summed E-state index contributed by atoms with van der Waals surface area (Å²) >= 11 is 0. The van der Waals surface area contributed by atoms with E-state index in [9.17, 15) is 0 Å². The monoisotopic (exact) mass is 291 g/mol. The number of benzene rings is 1. The van der Waals surface area contributed by atoms with Gasteiger partial charge in [-0.3, -0.25) is 0 Å². The number of nitrogens with one attached hydrogen (secondary N) is 1. The highest BCUT2D eigenvalue weighted by Crippen LogP contribution is 2.17. The van der Waals surface area contributed by atoms with E-state index in [0.29, 0.717) is 0 Å². The van der Waals surface area contributed by atoms with Gasteiger partial charge in [0.1, 0.15) is 0 Å².